The molecule has 0 aliphatic carbocycles. The number of ether oxygens (including phenoxy) is 5. The quantitative estimate of drug-likeness (QED) is 0.510. The van der Waals surface area contributed by atoms with E-state index in [9.17, 15) is 4.79 Å². The molecule has 32 heavy (non-hydrogen) atoms. The third-order valence-corrected chi connectivity index (χ3v) is 5.53. The third kappa shape index (κ3) is 4.65. The van der Waals surface area contributed by atoms with E-state index in [2.05, 4.69) is 15.5 Å². The highest BCUT2D eigenvalue weighted by Crippen LogP contribution is 2.40. The van der Waals surface area contributed by atoms with Crippen LogP contribution in [0.2, 0.25) is 0 Å². The number of fused-ring (bicyclic) bond motifs is 1. The zero-order chi connectivity index (χ0) is 22.5. The number of carbonyl (C=O) groups excluding carboxylic acids is 1. The first kappa shape index (κ1) is 21.6. The van der Waals surface area contributed by atoms with Gasteiger partial charge in [0.2, 0.25) is 18.4 Å². The number of anilines is 1. The van der Waals surface area contributed by atoms with Gasteiger partial charge in [0.05, 0.1) is 32.8 Å². The van der Waals surface area contributed by atoms with Gasteiger partial charge in [0, 0.05) is 17.3 Å². The summed E-state index contributed by atoms with van der Waals surface area (Å²) in [5.74, 6) is 2.87. The Morgan fingerprint density at radius 3 is 2.38 bits per heavy atom. The van der Waals surface area contributed by atoms with Gasteiger partial charge in [-0.2, -0.15) is 0 Å². The summed E-state index contributed by atoms with van der Waals surface area (Å²) in [5.41, 5.74) is 2.05. The first-order valence-electron chi connectivity index (χ1n) is 9.57. The molecule has 9 nitrogen and oxygen atoms in total. The van der Waals surface area contributed by atoms with Gasteiger partial charge in [-0.15, -0.1) is 10.2 Å². The van der Waals surface area contributed by atoms with E-state index < -0.39 is 0 Å². The molecule has 2 aromatic carbocycles. The SMILES string of the molecule is COc1cc(-c2ccc(SCC(=O)Nc3ccc4c(c3)OCO4)nn2)cc(OC)c1OC. The molecule has 0 radical (unpaired) electrons. The summed E-state index contributed by atoms with van der Waals surface area (Å²) >= 11 is 1.29. The Kier molecular flexibility index (Phi) is 6.50. The van der Waals surface area contributed by atoms with E-state index in [1.54, 1.807) is 51.7 Å². The molecule has 0 atom stereocenters. The smallest absolute Gasteiger partial charge is 0.234 e. The fourth-order valence-corrected chi connectivity index (χ4v) is 3.70. The highest BCUT2D eigenvalue weighted by molar-refractivity contribution is 7.99. The summed E-state index contributed by atoms with van der Waals surface area (Å²) in [4.78, 5) is 12.3. The zero-order valence-corrected chi connectivity index (χ0v) is 18.5. The number of methoxy groups -OCH3 is 3. The molecule has 0 fully saturated rings. The number of benzene rings is 2. The van der Waals surface area contributed by atoms with Gasteiger partial charge >= 0.3 is 0 Å². The van der Waals surface area contributed by atoms with E-state index in [0.717, 1.165) is 5.56 Å². The van der Waals surface area contributed by atoms with Crippen LogP contribution in [0, 0.1) is 0 Å². The van der Waals surface area contributed by atoms with Crippen LogP contribution in [0.1, 0.15) is 0 Å². The van der Waals surface area contributed by atoms with Crippen molar-refractivity contribution >= 4 is 23.4 Å². The van der Waals surface area contributed by atoms with Crippen molar-refractivity contribution in [3.05, 3.63) is 42.5 Å². The average Bonchev–Trinajstić information content (AvgIpc) is 3.30. The molecule has 3 aromatic rings. The standard InChI is InChI=1S/C22H21N3O6S/c1-27-18-8-13(9-19(28-2)22(18)29-3)15-5-7-21(25-24-15)32-11-20(26)23-14-4-6-16-17(10-14)31-12-30-16/h4-10H,11-12H2,1-3H3,(H,23,26). The minimum Gasteiger partial charge on any atom is -0.493 e. The van der Waals surface area contributed by atoms with Crippen LogP contribution in [0.3, 0.4) is 0 Å². The second kappa shape index (κ2) is 9.65. The number of rotatable bonds is 8. The van der Waals surface area contributed by atoms with Crippen molar-refractivity contribution in [1.82, 2.24) is 10.2 Å². The largest absolute Gasteiger partial charge is 0.493 e. The summed E-state index contributed by atoms with van der Waals surface area (Å²) in [7, 11) is 4.66. The summed E-state index contributed by atoms with van der Waals surface area (Å²) in [6, 6.07) is 12.5. The van der Waals surface area contributed by atoms with E-state index >= 15 is 0 Å². The monoisotopic (exact) mass is 455 g/mol. The minimum absolute atomic E-state index is 0.163. The number of nitrogens with zero attached hydrogens (tertiary/aromatic N) is 2. The molecule has 0 spiro atoms. The molecule has 4 rings (SSSR count). The number of thioether (sulfide) groups is 1. The van der Waals surface area contributed by atoms with E-state index in [1.807, 2.05) is 12.1 Å². The minimum atomic E-state index is -0.163. The molecule has 0 saturated heterocycles. The van der Waals surface area contributed by atoms with Crippen molar-refractivity contribution in [2.45, 2.75) is 5.03 Å². The van der Waals surface area contributed by atoms with Crippen LogP contribution in [0.25, 0.3) is 11.3 Å². The van der Waals surface area contributed by atoms with E-state index in [-0.39, 0.29) is 18.5 Å². The van der Waals surface area contributed by atoms with Crippen molar-refractivity contribution in [2.75, 3.05) is 39.2 Å². The molecule has 1 aliphatic heterocycles. The molecule has 0 bridgehead atoms. The predicted octanol–water partition coefficient (Wildman–Crippen LogP) is 3.63. The fraction of sp³-hybridized carbons (Fsp3) is 0.227. The first-order valence-corrected chi connectivity index (χ1v) is 10.6. The number of aromatic nitrogens is 2. The maximum absolute atomic E-state index is 12.3. The van der Waals surface area contributed by atoms with Gasteiger partial charge in [0.25, 0.3) is 0 Å². The molecule has 1 aromatic heterocycles. The molecular weight excluding hydrogens is 434 g/mol. The fourth-order valence-electron chi connectivity index (χ4n) is 3.09. The lowest BCUT2D eigenvalue weighted by Gasteiger charge is -2.13. The molecule has 1 aliphatic rings. The van der Waals surface area contributed by atoms with E-state index in [4.69, 9.17) is 23.7 Å². The molecule has 1 amide bonds. The van der Waals surface area contributed by atoms with Crippen molar-refractivity contribution in [1.29, 1.82) is 0 Å². The van der Waals surface area contributed by atoms with Crippen LogP contribution in [0.5, 0.6) is 28.7 Å². The van der Waals surface area contributed by atoms with Gasteiger partial charge in [0.15, 0.2) is 23.0 Å². The number of carbonyl (C=O) groups is 1. The molecule has 166 valence electrons. The summed E-state index contributed by atoms with van der Waals surface area (Å²) in [6.45, 7) is 0.188. The van der Waals surface area contributed by atoms with Gasteiger partial charge in [-0.05, 0) is 36.4 Å². The second-order valence-electron chi connectivity index (χ2n) is 6.58. The van der Waals surface area contributed by atoms with Gasteiger partial charge in [-0.1, -0.05) is 11.8 Å². The van der Waals surface area contributed by atoms with Crippen LogP contribution < -0.4 is 29.0 Å². The number of hydrogen-bond donors (Lipinski definition) is 1. The molecule has 10 heteroatoms. The Labute approximate surface area is 189 Å². The maximum Gasteiger partial charge on any atom is 0.234 e. The van der Waals surface area contributed by atoms with Crippen LogP contribution in [-0.4, -0.2) is 50.0 Å². The second-order valence-corrected chi connectivity index (χ2v) is 7.57. The normalized spacial score (nSPS) is 11.7. The Morgan fingerprint density at radius 2 is 1.72 bits per heavy atom. The lowest BCUT2D eigenvalue weighted by atomic mass is 10.1. The number of amides is 1. The molecule has 0 saturated carbocycles. The highest BCUT2D eigenvalue weighted by Gasteiger charge is 2.16. The van der Waals surface area contributed by atoms with Crippen LogP contribution in [0.4, 0.5) is 5.69 Å². The summed E-state index contributed by atoms with van der Waals surface area (Å²) in [5, 5.41) is 11.9. The van der Waals surface area contributed by atoms with Gasteiger partial charge in [-0.25, -0.2) is 0 Å². The third-order valence-electron chi connectivity index (χ3n) is 4.61. The lowest BCUT2D eigenvalue weighted by molar-refractivity contribution is -0.113. The first-order chi connectivity index (χ1) is 15.6. The molecule has 0 unspecified atom stereocenters. The molecular formula is C22H21N3O6S. The van der Waals surface area contributed by atoms with Crippen molar-refractivity contribution in [3.8, 4) is 40.0 Å². The van der Waals surface area contributed by atoms with Crippen molar-refractivity contribution in [3.63, 3.8) is 0 Å². The number of hydrogen-bond acceptors (Lipinski definition) is 9. The Hall–Kier alpha value is -3.66. The van der Waals surface area contributed by atoms with Gasteiger partial charge in [0.1, 0.15) is 5.03 Å². The highest BCUT2D eigenvalue weighted by atomic mass is 32.2. The Balaban J connectivity index is 1.39. The van der Waals surface area contributed by atoms with Gasteiger partial charge in [-0.3, -0.25) is 4.79 Å². The zero-order valence-electron chi connectivity index (χ0n) is 17.7. The average molecular weight is 455 g/mol. The van der Waals surface area contributed by atoms with Crippen molar-refractivity contribution < 1.29 is 28.5 Å². The molecule has 1 N–H and O–H groups in total. The molecule has 2 heterocycles. The number of nitrogens with one attached hydrogen (secondary N) is 1. The van der Waals surface area contributed by atoms with E-state index in [0.29, 0.717) is 45.2 Å². The lowest BCUT2D eigenvalue weighted by Crippen LogP contribution is -2.14. The van der Waals surface area contributed by atoms with Crippen LogP contribution >= 0.6 is 11.8 Å². The maximum atomic E-state index is 12.3. The van der Waals surface area contributed by atoms with E-state index in [1.165, 1.54) is 11.8 Å². The topological polar surface area (TPSA) is 101 Å². The van der Waals surface area contributed by atoms with Crippen LogP contribution in [0.15, 0.2) is 47.5 Å². The summed E-state index contributed by atoms with van der Waals surface area (Å²) < 4.78 is 26.7. The summed E-state index contributed by atoms with van der Waals surface area (Å²) in [6.07, 6.45) is 0. The van der Waals surface area contributed by atoms with Crippen LogP contribution in [-0.2, 0) is 4.79 Å². The Bertz CT molecular complexity index is 1100. The van der Waals surface area contributed by atoms with Gasteiger partial charge < -0.3 is 29.0 Å². The predicted molar refractivity (Wildman–Crippen MR) is 119 cm³/mol. The van der Waals surface area contributed by atoms with Crippen molar-refractivity contribution in [2.24, 2.45) is 0 Å². The Morgan fingerprint density at radius 1 is 0.969 bits per heavy atom.